The van der Waals surface area contributed by atoms with Gasteiger partial charge in [0.25, 0.3) is 5.56 Å². The van der Waals surface area contributed by atoms with E-state index in [9.17, 15) is 18.5 Å². The number of nitrogens with one attached hydrogen (secondary N) is 1. The summed E-state index contributed by atoms with van der Waals surface area (Å²) in [4.78, 5) is 37.0. The Morgan fingerprint density at radius 2 is 0.825 bits per heavy atom. The van der Waals surface area contributed by atoms with E-state index in [4.69, 9.17) is 38.0 Å². The third-order valence-electron chi connectivity index (χ3n) is 19.0. The molecule has 3 N–H and O–H groups in total. The molecule has 9 nitrogen and oxygen atoms in total. The molecule has 0 aliphatic carbocycles. The third-order valence-corrected chi connectivity index (χ3v) is 24.0. The number of halogens is 5. The van der Waals surface area contributed by atoms with Crippen molar-refractivity contribution in [3.8, 4) is 11.1 Å². The van der Waals surface area contributed by atoms with Crippen LogP contribution in [0.25, 0.3) is 157 Å². The fraction of sp³-hybridized carbons (Fsp3) is 0.0843. The van der Waals surface area contributed by atoms with Crippen molar-refractivity contribution in [2.24, 2.45) is 5.73 Å². The molecule has 0 spiro atoms. The van der Waals surface area contributed by atoms with Crippen molar-refractivity contribution in [3.05, 3.63) is 270 Å². The molecule has 0 radical (unpaired) electrons. The van der Waals surface area contributed by atoms with E-state index < -0.39 is 36.6 Å². The SMILES string of the molecule is CC1(C)OB(c2nc3c(ccc4c5ccccc5sc43)c3ccccc23)OC1(C)C.Clc1nc2c(ccc3c4ccccc4sc32)c2ccccc12.NC(=O)c1ccccc1-c1ccc2c(c1)sc1ccccc12.O=P(Cl)(Cl)Cl.O=c1[nH]c2c(ccc3c4ccccc4sc32)c2ccccc12.[2H]CF. The molecule has 508 valence electrons. The Balaban J connectivity index is 0.000000109. The Kier molecular flexibility index (Phi) is 18.8. The number of pyridine rings is 3. The van der Waals surface area contributed by atoms with Gasteiger partial charge in [0.05, 0.1) is 56.0 Å². The summed E-state index contributed by atoms with van der Waals surface area (Å²) in [6.45, 7) is 8.34. The van der Waals surface area contributed by atoms with Crippen LogP contribution in [0.4, 0.5) is 4.39 Å². The summed E-state index contributed by atoms with van der Waals surface area (Å²) in [6.07, 6.45) is 0. The molecule has 1 amide bonds. The number of amides is 1. The minimum Gasteiger partial charge on any atom is -0.398 e. The van der Waals surface area contributed by atoms with E-state index in [1.54, 1.807) is 51.4 Å². The first-order valence-electron chi connectivity index (χ1n) is 33.3. The van der Waals surface area contributed by atoms with Gasteiger partial charge in [0.1, 0.15) is 5.15 Å². The van der Waals surface area contributed by atoms with E-state index in [-0.39, 0.29) is 5.56 Å². The molecule has 12 aromatic carbocycles. The van der Waals surface area contributed by atoms with Gasteiger partial charge in [-0.3, -0.25) is 23.5 Å². The number of aromatic nitrogens is 3. The van der Waals surface area contributed by atoms with Gasteiger partial charge in [-0.2, -0.15) is 0 Å². The third kappa shape index (κ3) is 13.2. The lowest BCUT2D eigenvalue weighted by atomic mass is 9.80. The molecule has 8 heterocycles. The van der Waals surface area contributed by atoms with E-state index in [1.165, 1.54) is 92.1 Å². The molecule has 1 fully saturated rings. The van der Waals surface area contributed by atoms with E-state index in [0.29, 0.717) is 10.7 Å². The van der Waals surface area contributed by atoms with Crippen LogP contribution in [0.3, 0.4) is 0 Å². The maximum atomic E-state index is 12.4. The highest BCUT2D eigenvalue weighted by molar-refractivity contribution is 8.24. The number of nitrogens with two attached hydrogens (primary N) is 1. The molecule has 103 heavy (non-hydrogen) atoms. The van der Waals surface area contributed by atoms with Crippen LogP contribution >= 0.6 is 95.9 Å². The second-order valence-electron chi connectivity index (χ2n) is 25.5. The molecule has 0 atom stereocenters. The summed E-state index contributed by atoms with van der Waals surface area (Å²) >= 11 is 27.4. The molecule has 0 saturated carbocycles. The fourth-order valence-electron chi connectivity index (χ4n) is 13.6. The summed E-state index contributed by atoms with van der Waals surface area (Å²) in [5.74, 6) is -0.396. The molecule has 1 aliphatic heterocycles. The van der Waals surface area contributed by atoms with Gasteiger partial charge in [0.2, 0.25) is 5.91 Å². The van der Waals surface area contributed by atoms with Gasteiger partial charge >= 0.3 is 12.3 Å². The maximum absolute atomic E-state index is 12.4. The number of nitrogens with zero attached hydrogens (tertiary/aromatic N) is 2. The Morgan fingerprint density at radius 1 is 0.466 bits per heavy atom. The van der Waals surface area contributed by atoms with Gasteiger partial charge in [0.15, 0.2) is 0 Å². The number of benzene rings is 12. The largest absolute Gasteiger partial charge is 0.515 e. The van der Waals surface area contributed by atoms with Crippen LogP contribution in [0.2, 0.25) is 5.15 Å². The fourth-order valence-corrected chi connectivity index (χ4v) is 18.6. The van der Waals surface area contributed by atoms with Crippen molar-refractivity contribution in [1.29, 1.82) is 0 Å². The minimum atomic E-state index is -3.22. The molecule has 20 heteroatoms. The predicted octanol–water partition coefficient (Wildman–Crippen LogP) is 25.7. The topological polar surface area (TPSA) is 137 Å². The molecule has 0 unspecified atom stereocenters. The lowest BCUT2D eigenvalue weighted by Crippen LogP contribution is -2.41. The molecule has 20 rings (SSSR count). The average Bonchev–Trinajstić information content (AvgIpc) is 1.59. The average molecular weight is 1520 g/mol. The molecule has 1 saturated heterocycles. The van der Waals surface area contributed by atoms with Gasteiger partial charge in [0, 0.05) is 104 Å². The number of aromatic amines is 1. The summed E-state index contributed by atoms with van der Waals surface area (Å²) in [5.41, 5.74) is 11.0. The predicted molar refractivity (Wildman–Crippen MR) is 445 cm³/mol. The van der Waals surface area contributed by atoms with E-state index in [0.717, 1.165) is 70.3 Å². The normalized spacial score (nSPS) is 13.5. The van der Waals surface area contributed by atoms with Gasteiger partial charge in [-0.25, -0.2) is 4.98 Å². The van der Waals surface area contributed by atoms with Crippen molar-refractivity contribution < 1.29 is 24.4 Å². The Morgan fingerprint density at radius 3 is 1.35 bits per heavy atom. The zero-order valence-electron chi connectivity index (χ0n) is 56.4. The molecular weight excluding hydrogens is 1460 g/mol. The quantitative estimate of drug-likeness (QED) is 0.0778. The standard InChI is InChI=1S/C25H22BNO2S.C19H10ClNS.C19H11NOS.C19H13NOS.CH3F.Cl3OP/c1-24(2)25(3,4)29-26(28-24)23-19-11-6-5-9-15(19)17-13-14-18-16-10-7-8-12-20(16)30-22(18)21(17)27-23;20-19-15-7-2-1-5-11(15)13-9-10-14-12-6-3-4-8-16(12)22-18(14)17(13)21-19;21-19-15-7-2-1-5-11(15)13-9-10-14-12-6-3-4-8-16(12)22-18(14)17(13)20-19;20-19(21)16-7-2-1-5-13(16)12-9-10-15-14-6-3-4-8-17(14)22-18(15)11-12;1-2;1-5(2,3)4/h5-14H,1-4H3;1-10H;1-10H,(H,20,21);1-11H,(H2,20,21);1H3;/i;;;;1D;. The van der Waals surface area contributed by atoms with Crippen LogP contribution in [0.1, 0.15) is 39.4 Å². The number of thiophene rings is 4. The number of hydrogen-bond acceptors (Lipinski definition) is 11. The van der Waals surface area contributed by atoms with E-state index >= 15 is 0 Å². The Bertz CT molecular complexity index is 6720. The van der Waals surface area contributed by atoms with Gasteiger partial charge in [-0.15, -0.1) is 45.3 Å². The van der Waals surface area contributed by atoms with Crippen molar-refractivity contribution in [3.63, 3.8) is 0 Å². The highest BCUT2D eigenvalue weighted by Gasteiger charge is 2.53. The highest BCUT2D eigenvalue weighted by Crippen LogP contribution is 2.61. The summed E-state index contributed by atoms with van der Waals surface area (Å²) in [5, 5.41) is 17.1. The second-order valence-corrected chi connectivity index (χ2v) is 36.8. The van der Waals surface area contributed by atoms with Crippen molar-refractivity contribution in [2.45, 2.75) is 38.9 Å². The van der Waals surface area contributed by atoms with Crippen LogP contribution < -0.4 is 16.9 Å². The van der Waals surface area contributed by atoms with Crippen LogP contribution in [0.15, 0.2) is 254 Å². The number of primary amides is 1. The summed E-state index contributed by atoms with van der Waals surface area (Å²) < 4.78 is 47.7. The smallest absolute Gasteiger partial charge is 0.398 e. The van der Waals surface area contributed by atoms with E-state index in [1.807, 2.05) is 60.7 Å². The number of fused-ring (bicyclic) bond motifs is 24. The van der Waals surface area contributed by atoms with Crippen molar-refractivity contribution in [2.75, 3.05) is 7.15 Å². The van der Waals surface area contributed by atoms with Crippen molar-refractivity contribution in [1.82, 2.24) is 15.0 Å². The Labute approximate surface area is 627 Å². The zero-order valence-corrected chi connectivity index (χ0v) is 62.6. The Hall–Kier alpha value is -8.90. The number of H-pyrrole nitrogens is 1. The first kappa shape index (κ1) is 68.5. The van der Waals surface area contributed by atoms with Gasteiger partial charge < -0.3 is 20.0 Å². The number of rotatable bonds is 3. The summed E-state index contributed by atoms with van der Waals surface area (Å²) in [7, 11) is -1.49. The van der Waals surface area contributed by atoms with Crippen molar-refractivity contribution >= 4 is 260 Å². The first-order valence-corrected chi connectivity index (χ1v) is 40.7. The van der Waals surface area contributed by atoms with Crippen LogP contribution in [0.5, 0.6) is 0 Å². The highest BCUT2D eigenvalue weighted by atomic mass is 36.0. The van der Waals surface area contributed by atoms with Crippen LogP contribution in [-0.2, 0) is 13.9 Å². The molecule has 1 aliphatic rings. The molecular formula is C83H59BCl4FN4O5PS4. The monoisotopic (exact) mass is 1520 g/mol. The zero-order chi connectivity index (χ0) is 72.3. The number of hydrogen-bond donors (Lipinski definition) is 2. The molecule has 19 aromatic rings. The van der Waals surface area contributed by atoms with Gasteiger partial charge in [-0.05, 0) is 131 Å². The second kappa shape index (κ2) is 28.3. The number of carbonyl (C=O) groups is 1. The molecule has 0 bridgehead atoms. The van der Waals surface area contributed by atoms with E-state index in [2.05, 4.69) is 248 Å². The maximum Gasteiger partial charge on any atom is 0.515 e. The lowest BCUT2D eigenvalue weighted by molar-refractivity contribution is 0.00578. The number of carbonyl (C=O) groups excluding carboxylic acids is 1. The van der Waals surface area contributed by atoms with Gasteiger partial charge in [-0.1, -0.05) is 218 Å². The minimum absolute atomic E-state index is 0.0203. The van der Waals surface area contributed by atoms with Crippen LogP contribution in [0, 0.1) is 0 Å². The summed E-state index contributed by atoms with van der Waals surface area (Å²) in [6, 6.07) is 85.2. The number of alkyl halides is 1. The lowest BCUT2D eigenvalue weighted by Gasteiger charge is -2.32. The van der Waals surface area contributed by atoms with Crippen LogP contribution in [-0.4, -0.2) is 46.3 Å². The molecule has 7 aromatic heterocycles. The first-order chi connectivity index (χ1) is 50.2.